The Labute approximate surface area is 119 Å². The lowest BCUT2D eigenvalue weighted by molar-refractivity contribution is 0.246. The molecule has 3 nitrogen and oxygen atoms in total. The van der Waals surface area contributed by atoms with Gasteiger partial charge < -0.3 is 10.2 Å². The van der Waals surface area contributed by atoms with Gasteiger partial charge in [-0.3, -0.25) is 4.90 Å². The molecule has 1 aromatic heterocycles. The molecule has 1 atom stereocenters. The number of halogens is 1. The number of hydrogen-bond acceptors (Lipinski definition) is 3. The lowest BCUT2D eigenvalue weighted by Crippen LogP contribution is -2.26. The van der Waals surface area contributed by atoms with E-state index in [1.165, 1.54) is 12.1 Å². The molecular formula is C16H21FN2O. The van der Waals surface area contributed by atoms with Gasteiger partial charge in [-0.25, -0.2) is 4.39 Å². The van der Waals surface area contributed by atoms with E-state index < -0.39 is 0 Å². The zero-order valence-electron chi connectivity index (χ0n) is 11.8. The van der Waals surface area contributed by atoms with E-state index in [4.69, 9.17) is 10.2 Å². The Hall–Kier alpha value is -1.65. The highest BCUT2D eigenvalue weighted by atomic mass is 19.1. The van der Waals surface area contributed by atoms with E-state index in [9.17, 15) is 4.39 Å². The topological polar surface area (TPSA) is 42.4 Å². The van der Waals surface area contributed by atoms with Crippen molar-refractivity contribution >= 4 is 0 Å². The van der Waals surface area contributed by atoms with Crippen molar-refractivity contribution in [2.75, 3.05) is 13.1 Å². The van der Waals surface area contributed by atoms with Crippen LogP contribution in [0.4, 0.5) is 4.39 Å². The largest absolute Gasteiger partial charge is 0.468 e. The molecule has 2 rings (SSSR count). The maximum Gasteiger partial charge on any atom is 0.123 e. The summed E-state index contributed by atoms with van der Waals surface area (Å²) >= 11 is 0. The van der Waals surface area contributed by atoms with Gasteiger partial charge in [-0.1, -0.05) is 19.1 Å². The third-order valence-corrected chi connectivity index (χ3v) is 3.44. The van der Waals surface area contributed by atoms with Gasteiger partial charge in [-0.15, -0.1) is 0 Å². The Kier molecular flexibility index (Phi) is 5.32. The van der Waals surface area contributed by atoms with Crippen LogP contribution in [-0.2, 0) is 6.54 Å². The van der Waals surface area contributed by atoms with Crippen molar-refractivity contribution in [2.24, 2.45) is 5.73 Å². The summed E-state index contributed by atoms with van der Waals surface area (Å²) in [5.41, 5.74) is 6.97. The second-order valence-electron chi connectivity index (χ2n) is 4.90. The van der Waals surface area contributed by atoms with Gasteiger partial charge in [0.1, 0.15) is 11.6 Å². The molecule has 0 radical (unpaired) electrons. The van der Waals surface area contributed by atoms with Gasteiger partial charge in [-0.2, -0.15) is 0 Å². The van der Waals surface area contributed by atoms with Crippen molar-refractivity contribution in [3.63, 3.8) is 0 Å². The van der Waals surface area contributed by atoms with E-state index in [1.807, 2.05) is 18.2 Å². The minimum Gasteiger partial charge on any atom is -0.468 e. The first-order valence-electron chi connectivity index (χ1n) is 6.95. The molecule has 0 aliphatic heterocycles. The zero-order valence-corrected chi connectivity index (χ0v) is 11.8. The summed E-state index contributed by atoms with van der Waals surface area (Å²) in [5.74, 6) is 0.715. The molecule has 1 heterocycles. The second-order valence-corrected chi connectivity index (χ2v) is 4.90. The lowest BCUT2D eigenvalue weighted by Gasteiger charge is -2.21. The third kappa shape index (κ3) is 4.18. The van der Waals surface area contributed by atoms with Crippen molar-refractivity contribution in [3.8, 4) is 0 Å². The smallest absolute Gasteiger partial charge is 0.123 e. The van der Waals surface area contributed by atoms with Crippen molar-refractivity contribution in [2.45, 2.75) is 25.9 Å². The minimum absolute atomic E-state index is 0.142. The van der Waals surface area contributed by atoms with E-state index in [1.54, 1.807) is 12.3 Å². The lowest BCUT2D eigenvalue weighted by atomic mass is 10.0. The fourth-order valence-corrected chi connectivity index (χ4v) is 2.20. The molecule has 4 heteroatoms. The number of benzene rings is 1. The molecule has 0 fully saturated rings. The standard InChI is InChI=1S/C16H21FN2O/c1-2-19(12-15-7-4-10-20-15)9-8-16(18)13-5-3-6-14(17)11-13/h3-7,10-11,16H,2,8-9,12,18H2,1H3. The molecule has 20 heavy (non-hydrogen) atoms. The summed E-state index contributed by atoms with van der Waals surface area (Å²) in [6.07, 6.45) is 2.47. The molecule has 2 aromatic rings. The quantitative estimate of drug-likeness (QED) is 0.843. The van der Waals surface area contributed by atoms with E-state index >= 15 is 0 Å². The third-order valence-electron chi connectivity index (χ3n) is 3.44. The fraction of sp³-hybridized carbons (Fsp3) is 0.375. The van der Waals surface area contributed by atoms with Gasteiger partial charge in [0.2, 0.25) is 0 Å². The number of nitrogens with zero attached hydrogens (tertiary/aromatic N) is 1. The maximum absolute atomic E-state index is 13.2. The van der Waals surface area contributed by atoms with Gasteiger partial charge in [0, 0.05) is 12.6 Å². The Balaban J connectivity index is 1.86. The highest BCUT2D eigenvalue weighted by Gasteiger charge is 2.11. The first-order chi connectivity index (χ1) is 9.69. The van der Waals surface area contributed by atoms with Crippen LogP contribution in [0.2, 0.25) is 0 Å². The molecule has 0 aliphatic rings. The predicted molar refractivity (Wildman–Crippen MR) is 77.6 cm³/mol. The SMILES string of the molecule is CCN(CCC(N)c1cccc(F)c1)Cc1ccco1. The first kappa shape index (κ1) is 14.8. The molecule has 0 amide bonds. The summed E-state index contributed by atoms with van der Waals surface area (Å²) in [4.78, 5) is 2.26. The molecule has 1 unspecified atom stereocenters. The van der Waals surface area contributed by atoms with Crippen LogP contribution in [-0.4, -0.2) is 18.0 Å². The fourth-order valence-electron chi connectivity index (χ4n) is 2.20. The Morgan fingerprint density at radius 2 is 2.15 bits per heavy atom. The normalized spacial score (nSPS) is 12.8. The summed E-state index contributed by atoms with van der Waals surface area (Å²) < 4.78 is 18.5. The van der Waals surface area contributed by atoms with Crippen LogP contribution in [0.15, 0.2) is 47.1 Å². The zero-order chi connectivity index (χ0) is 14.4. The first-order valence-corrected chi connectivity index (χ1v) is 6.95. The maximum atomic E-state index is 13.2. The van der Waals surface area contributed by atoms with E-state index in [0.717, 1.165) is 37.4 Å². The van der Waals surface area contributed by atoms with E-state index in [-0.39, 0.29) is 11.9 Å². The van der Waals surface area contributed by atoms with E-state index in [2.05, 4.69) is 11.8 Å². The molecule has 0 aliphatic carbocycles. The molecule has 0 saturated carbocycles. The van der Waals surface area contributed by atoms with Crippen LogP contribution < -0.4 is 5.73 Å². The Morgan fingerprint density at radius 3 is 2.80 bits per heavy atom. The second kappa shape index (κ2) is 7.22. The van der Waals surface area contributed by atoms with Crippen LogP contribution in [0.5, 0.6) is 0 Å². The predicted octanol–water partition coefficient (Wildman–Crippen LogP) is 3.33. The van der Waals surface area contributed by atoms with Gasteiger partial charge in [-0.05, 0) is 42.8 Å². The number of nitrogens with two attached hydrogens (primary N) is 1. The van der Waals surface area contributed by atoms with Crippen LogP contribution in [0.25, 0.3) is 0 Å². The number of rotatable bonds is 7. The summed E-state index contributed by atoms with van der Waals surface area (Å²) in [6, 6.07) is 10.2. The monoisotopic (exact) mass is 276 g/mol. The van der Waals surface area contributed by atoms with Gasteiger partial charge in [0.15, 0.2) is 0 Å². The van der Waals surface area contributed by atoms with Gasteiger partial charge >= 0.3 is 0 Å². The Morgan fingerprint density at radius 1 is 1.30 bits per heavy atom. The van der Waals surface area contributed by atoms with Gasteiger partial charge in [0.05, 0.1) is 12.8 Å². The van der Waals surface area contributed by atoms with E-state index in [0.29, 0.717) is 0 Å². The molecule has 0 spiro atoms. The highest BCUT2D eigenvalue weighted by molar-refractivity contribution is 5.19. The van der Waals surface area contributed by atoms with Crippen LogP contribution in [0, 0.1) is 5.82 Å². The van der Waals surface area contributed by atoms with Crippen molar-refractivity contribution in [3.05, 3.63) is 59.8 Å². The average molecular weight is 276 g/mol. The van der Waals surface area contributed by atoms with Crippen LogP contribution in [0.3, 0.4) is 0 Å². The molecular weight excluding hydrogens is 255 g/mol. The highest BCUT2D eigenvalue weighted by Crippen LogP contribution is 2.16. The summed E-state index contributed by atoms with van der Waals surface area (Å²) in [6.45, 7) is 4.67. The Bertz CT molecular complexity index is 513. The summed E-state index contributed by atoms with van der Waals surface area (Å²) in [7, 11) is 0. The number of hydrogen-bond donors (Lipinski definition) is 1. The van der Waals surface area contributed by atoms with Crippen molar-refractivity contribution < 1.29 is 8.81 Å². The molecule has 108 valence electrons. The molecule has 1 aromatic carbocycles. The molecule has 0 saturated heterocycles. The van der Waals surface area contributed by atoms with Crippen molar-refractivity contribution in [1.29, 1.82) is 0 Å². The van der Waals surface area contributed by atoms with Crippen LogP contribution >= 0.6 is 0 Å². The minimum atomic E-state index is -0.235. The average Bonchev–Trinajstić information content (AvgIpc) is 2.96. The van der Waals surface area contributed by atoms with Crippen LogP contribution in [0.1, 0.15) is 30.7 Å². The molecule has 2 N–H and O–H groups in total. The van der Waals surface area contributed by atoms with Gasteiger partial charge in [0.25, 0.3) is 0 Å². The molecule has 0 bridgehead atoms. The van der Waals surface area contributed by atoms with Crippen molar-refractivity contribution in [1.82, 2.24) is 4.90 Å². The number of furan rings is 1. The summed E-state index contributed by atoms with van der Waals surface area (Å²) in [5, 5.41) is 0.